The number of ether oxygens (including phenoxy) is 1. The van der Waals surface area contributed by atoms with Gasteiger partial charge >= 0.3 is 6.09 Å². The third kappa shape index (κ3) is 3.66. The predicted octanol–water partition coefficient (Wildman–Crippen LogP) is 3.08. The maximum Gasteiger partial charge on any atom is 0.405 e. The van der Waals surface area contributed by atoms with Crippen LogP contribution in [0.3, 0.4) is 0 Å². The molecule has 2 N–H and O–H groups in total. The summed E-state index contributed by atoms with van der Waals surface area (Å²) < 4.78 is 5.45. The van der Waals surface area contributed by atoms with Gasteiger partial charge in [-0.05, 0) is 24.8 Å². The molecule has 1 saturated heterocycles. The third-order valence-electron chi connectivity index (χ3n) is 4.54. The van der Waals surface area contributed by atoms with Gasteiger partial charge in [0.05, 0.1) is 0 Å². The van der Waals surface area contributed by atoms with Crippen LogP contribution in [0.15, 0.2) is 30.3 Å². The summed E-state index contributed by atoms with van der Waals surface area (Å²) in [5, 5.41) is 0. The van der Waals surface area contributed by atoms with Crippen molar-refractivity contribution >= 4 is 12.0 Å². The van der Waals surface area contributed by atoms with Gasteiger partial charge in [-0.1, -0.05) is 51.1 Å². The van der Waals surface area contributed by atoms with Crippen LogP contribution in [0.4, 0.5) is 4.79 Å². The molecule has 1 aliphatic heterocycles. The van der Waals surface area contributed by atoms with E-state index in [-0.39, 0.29) is 5.91 Å². The molecule has 1 heterocycles. The summed E-state index contributed by atoms with van der Waals surface area (Å²) >= 11 is 0. The number of nitrogens with zero attached hydrogens (tertiary/aromatic N) is 1. The van der Waals surface area contributed by atoms with Gasteiger partial charge in [-0.25, -0.2) is 4.79 Å². The number of nitrogens with two attached hydrogens (primary N) is 1. The molecule has 23 heavy (non-hydrogen) atoms. The van der Waals surface area contributed by atoms with Gasteiger partial charge in [0.1, 0.15) is 0 Å². The fraction of sp³-hybridized carbons (Fsp3) is 0.556. The minimum Gasteiger partial charge on any atom is -0.432 e. The van der Waals surface area contributed by atoms with Gasteiger partial charge < -0.3 is 15.4 Å². The van der Waals surface area contributed by atoms with Crippen molar-refractivity contribution in [3.05, 3.63) is 35.9 Å². The molecular formula is C18H26N2O3. The predicted molar refractivity (Wildman–Crippen MR) is 88.6 cm³/mol. The second kappa shape index (κ2) is 6.60. The number of carbonyl (C=O) groups excluding carboxylic acids is 2. The Bertz CT molecular complexity index is 565. The van der Waals surface area contributed by atoms with E-state index in [0.717, 1.165) is 18.4 Å². The maximum atomic E-state index is 13.2. The summed E-state index contributed by atoms with van der Waals surface area (Å²) in [4.78, 5) is 26.5. The number of hydrogen-bond donors (Lipinski definition) is 1. The molecule has 2 rings (SSSR count). The number of rotatable bonds is 3. The van der Waals surface area contributed by atoms with E-state index in [0.29, 0.717) is 19.5 Å². The lowest BCUT2D eigenvalue weighted by Crippen LogP contribution is -2.58. The number of amides is 2. The highest BCUT2D eigenvalue weighted by molar-refractivity contribution is 5.88. The monoisotopic (exact) mass is 318 g/mol. The molecule has 1 aliphatic rings. The Morgan fingerprint density at radius 1 is 1.26 bits per heavy atom. The zero-order valence-electron chi connectivity index (χ0n) is 14.2. The van der Waals surface area contributed by atoms with Gasteiger partial charge in [0.15, 0.2) is 5.60 Å². The Morgan fingerprint density at radius 2 is 1.91 bits per heavy atom. The van der Waals surface area contributed by atoms with Crippen LogP contribution in [0, 0.1) is 5.41 Å². The Labute approximate surface area is 137 Å². The van der Waals surface area contributed by atoms with Crippen LogP contribution in [-0.4, -0.2) is 29.0 Å². The van der Waals surface area contributed by atoms with E-state index in [1.807, 2.05) is 51.1 Å². The van der Waals surface area contributed by atoms with E-state index >= 15 is 0 Å². The third-order valence-corrected chi connectivity index (χ3v) is 4.54. The highest BCUT2D eigenvalue weighted by Gasteiger charge is 2.54. The Morgan fingerprint density at radius 3 is 2.48 bits per heavy atom. The topological polar surface area (TPSA) is 72.6 Å². The fourth-order valence-corrected chi connectivity index (χ4v) is 3.21. The van der Waals surface area contributed by atoms with Crippen molar-refractivity contribution in [1.82, 2.24) is 4.90 Å². The number of hydrogen-bond acceptors (Lipinski definition) is 3. The van der Waals surface area contributed by atoms with E-state index < -0.39 is 17.1 Å². The van der Waals surface area contributed by atoms with Crippen molar-refractivity contribution in [1.29, 1.82) is 0 Å². The van der Waals surface area contributed by atoms with Crippen molar-refractivity contribution in [3.8, 4) is 0 Å². The van der Waals surface area contributed by atoms with Crippen LogP contribution in [0.25, 0.3) is 0 Å². The maximum absolute atomic E-state index is 13.2. The van der Waals surface area contributed by atoms with Gasteiger partial charge in [-0.15, -0.1) is 0 Å². The van der Waals surface area contributed by atoms with Crippen LogP contribution in [0.5, 0.6) is 0 Å². The molecule has 126 valence electrons. The van der Waals surface area contributed by atoms with Crippen LogP contribution >= 0.6 is 0 Å². The van der Waals surface area contributed by atoms with Crippen LogP contribution < -0.4 is 5.73 Å². The first kappa shape index (κ1) is 17.3. The molecule has 0 unspecified atom stereocenters. The lowest BCUT2D eigenvalue weighted by Gasteiger charge is -2.43. The largest absolute Gasteiger partial charge is 0.432 e. The molecule has 5 heteroatoms. The zero-order valence-corrected chi connectivity index (χ0v) is 14.2. The van der Waals surface area contributed by atoms with Crippen molar-refractivity contribution in [2.75, 3.05) is 6.54 Å². The van der Waals surface area contributed by atoms with E-state index in [9.17, 15) is 9.59 Å². The molecular weight excluding hydrogens is 292 g/mol. The molecule has 0 aromatic heterocycles. The molecule has 0 radical (unpaired) electrons. The zero-order chi connectivity index (χ0) is 17.1. The van der Waals surface area contributed by atoms with Crippen molar-refractivity contribution in [2.45, 2.75) is 52.2 Å². The first-order valence-electron chi connectivity index (χ1n) is 8.08. The van der Waals surface area contributed by atoms with Crippen LogP contribution in [0.2, 0.25) is 0 Å². The lowest BCUT2D eigenvalue weighted by atomic mass is 9.73. The summed E-state index contributed by atoms with van der Waals surface area (Å²) in [5.74, 6) is -0.148. The van der Waals surface area contributed by atoms with Crippen LogP contribution in [-0.2, 0) is 16.1 Å². The average Bonchev–Trinajstić information content (AvgIpc) is 2.61. The average molecular weight is 318 g/mol. The van der Waals surface area contributed by atoms with Gasteiger partial charge in [-0.2, -0.15) is 0 Å². The number of benzene rings is 1. The normalized spacial score (nSPS) is 22.6. The second-order valence-electron chi connectivity index (χ2n) is 7.17. The Balaban J connectivity index is 2.34. The molecule has 1 fully saturated rings. The molecule has 1 aromatic carbocycles. The first-order valence-corrected chi connectivity index (χ1v) is 8.08. The van der Waals surface area contributed by atoms with Gasteiger partial charge in [0, 0.05) is 18.5 Å². The lowest BCUT2D eigenvalue weighted by molar-refractivity contribution is -0.163. The van der Waals surface area contributed by atoms with E-state index in [4.69, 9.17) is 10.5 Å². The standard InChI is InChI=1S/C18H26N2O3/c1-17(2,3)18(23-16(19)22)11-7-8-12-20(15(18)21)13-14-9-5-4-6-10-14/h4-6,9-10H,7-8,11-13H2,1-3H3,(H2,19,22)/t18-/m1/s1. The highest BCUT2D eigenvalue weighted by Crippen LogP contribution is 2.41. The highest BCUT2D eigenvalue weighted by atomic mass is 16.6. The summed E-state index contributed by atoms with van der Waals surface area (Å²) in [6, 6.07) is 9.84. The quantitative estimate of drug-likeness (QED) is 0.931. The summed E-state index contributed by atoms with van der Waals surface area (Å²) in [6.07, 6.45) is 1.32. The van der Waals surface area contributed by atoms with Crippen molar-refractivity contribution in [2.24, 2.45) is 11.1 Å². The molecule has 0 bridgehead atoms. The smallest absolute Gasteiger partial charge is 0.405 e. The minimum absolute atomic E-state index is 0.148. The Kier molecular flexibility index (Phi) is 4.97. The molecule has 0 aliphatic carbocycles. The number of likely N-dealkylation sites (tertiary alicyclic amines) is 1. The molecule has 5 nitrogen and oxygen atoms in total. The van der Waals surface area contributed by atoms with Crippen molar-refractivity contribution < 1.29 is 14.3 Å². The summed E-state index contributed by atoms with van der Waals surface area (Å²) in [6.45, 7) is 6.92. The van der Waals surface area contributed by atoms with E-state index in [2.05, 4.69) is 0 Å². The molecule has 2 amide bonds. The van der Waals surface area contributed by atoms with Gasteiger partial charge in [-0.3, -0.25) is 4.79 Å². The van der Waals surface area contributed by atoms with E-state index in [1.165, 1.54) is 0 Å². The van der Waals surface area contributed by atoms with E-state index in [1.54, 1.807) is 4.90 Å². The SMILES string of the molecule is CC(C)(C)[C@@]1(OC(N)=O)CCCCN(Cc2ccccc2)C1=O. The first-order chi connectivity index (χ1) is 10.8. The molecule has 1 atom stereocenters. The minimum atomic E-state index is -1.20. The number of primary amides is 1. The van der Waals surface area contributed by atoms with Gasteiger partial charge in [0.25, 0.3) is 5.91 Å². The fourth-order valence-electron chi connectivity index (χ4n) is 3.21. The molecule has 0 saturated carbocycles. The Hall–Kier alpha value is -2.04. The second-order valence-corrected chi connectivity index (χ2v) is 7.17. The summed E-state index contributed by atoms with van der Waals surface area (Å²) in [5.41, 5.74) is 4.61. The number of carbonyl (C=O) groups is 2. The molecule has 0 spiro atoms. The molecule has 1 aromatic rings. The van der Waals surface area contributed by atoms with Crippen molar-refractivity contribution in [3.63, 3.8) is 0 Å². The summed E-state index contributed by atoms with van der Waals surface area (Å²) in [7, 11) is 0. The van der Waals surface area contributed by atoms with Gasteiger partial charge in [0.2, 0.25) is 0 Å². The van der Waals surface area contributed by atoms with Crippen LogP contribution in [0.1, 0.15) is 45.6 Å².